The third kappa shape index (κ3) is 3.32. The van der Waals surface area contributed by atoms with Crippen molar-refractivity contribution in [1.29, 1.82) is 0 Å². The normalized spacial score (nSPS) is 20.8. The van der Waals surface area contributed by atoms with Gasteiger partial charge < -0.3 is 25.3 Å². The maximum Gasteiger partial charge on any atom is 0.339 e. The Morgan fingerprint density at radius 2 is 1.77 bits per heavy atom. The topological polar surface area (TPSA) is 117 Å². The van der Waals surface area contributed by atoms with Gasteiger partial charge in [0.2, 0.25) is 0 Å². The van der Waals surface area contributed by atoms with Crippen molar-refractivity contribution in [3.05, 3.63) is 52.6 Å². The molecule has 1 spiro atoms. The number of para-hydroxylation sites is 1. The first-order valence-corrected chi connectivity index (χ1v) is 9.64. The van der Waals surface area contributed by atoms with Crippen molar-refractivity contribution in [1.82, 2.24) is 0 Å². The van der Waals surface area contributed by atoms with Gasteiger partial charge in [-0.15, -0.1) is 0 Å². The summed E-state index contributed by atoms with van der Waals surface area (Å²) in [7, 11) is 0. The molecule has 8 heteroatoms. The summed E-state index contributed by atoms with van der Waals surface area (Å²) in [6.07, 6.45) is -0.473. The van der Waals surface area contributed by atoms with Gasteiger partial charge in [0, 0.05) is 11.3 Å². The number of ether oxygens (including phenoxy) is 3. The molecule has 0 bridgehead atoms. The van der Waals surface area contributed by atoms with Crippen molar-refractivity contribution < 1.29 is 28.6 Å². The van der Waals surface area contributed by atoms with Gasteiger partial charge in [-0.25, -0.2) is 14.4 Å². The fourth-order valence-electron chi connectivity index (χ4n) is 3.73. The summed E-state index contributed by atoms with van der Waals surface area (Å²) >= 11 is 0. The minimum Gasteiger partial charge on any atom is -0.459 e. The third-order valence-electron chi connectivity index (χ3n) is 4.67. The molecule has 1 aromatic rings. The second-order valence-corrected chi connectivity index (χ2v) is 8.49. The fourth-order valence-corrected chi connectivity index (χ4v) is 3.73. The first kappa shape index (κ1) is 21.4. The van der Waals surface area contributed by atoms with Crippen molar-refractivity contribution in [2.24, 2.45) is 5.73 Å². The zero-order valence-electron chi connectivity index (χ0n) is 17.9. The lowest BCUT2D eigenvalue weighted by atomic mass is 9.67. The van der Waals surface area contributed by atoms with Crippen LogP contribution < -0.4 is 11.1 Å². The monoisotopic (exact) mass is 414 g/mol. The Morgan fingerprint density at radius 1 is 1.13 bits per heavy atom. The molecule has 0 amide bonds. The zero-order chi connectivity index (χ0) is 22.4. The highest BCUT2D eigenvalue weighted by Gasteiger charge is 2.63. The Labute approximate surface area is 175 Å². The number of cyclic esters (lactones) is 1. The molecule has 0 saturated heterocycles. The van der Waals surface area contributed by atoms with E-state index < -0.39 is 35.0 Å². The molecular weight excluding hydrogens is 388 g/mol. The Bertz CT molecular complexity index is 999. The molecule has 0 unspecified atom stereocenters. The van der Waals surface area contributed by atoms with Crippen LogP contribution >= 0.6 is 0 Å². The summed E-state index contributed by atoms with van der Waals surface area (Å²) in [5.41, 5.74) is 4.02. The van der Waals surface area contributed by atoms with E-state index in [-0.39, 0.29) is 22.7 Å². The van der Waals surface area contributed by atoms with Gasteiger partial charge in [-0.05, 0) is 47.6 Å². The predicted molar refractivity (Wildman–Crippen MR) is 109 cm³/mol. The Morgan fingerprint density at radius 3 is 2.37 bits per heavy atom. The Balaban J connectivity index is 2.33. The van der Waals surface area contributed by atoms with E-state index in [1.54, 1.807) is 58.9 Å². The summed E-state index contributed by atoms with van der Waals surface area (Å²) < 4.78 is 16.3. The standard InChI is InChI=1S/C22H26N2O6/c1-11(2)28-18(25)16-17(23)24-14-10-8-7-9-13(14)22(16)15(12(3)29-20(22)27)19(26)30-21(4,5)6/h7-11,24H,23H2,1-6H3/t22-/m1/s1. The molecule has 2 aliphatic rings. The number of rotatable bonds is 3. The van der Waals surface area contributed by atoms with E-state index in [0.29, 0.717) is 11.3 Å². The molecule has 1 atom stereocenters. The number of nitrogens with one attached hydrogen (secondary N) is 1. The highest BCUT2D eigenvalue weighted by atomic mass is 16.6. The number of anilines is 1. The number of fused-ring (bicyclic) bond motifs is 2. The Kier molecular flexibility index (Phi) is 5.14. The van der Waals surface area contributed by atoms with Gasteiger partial charge in [-0.1, -0.05) is 18.2 Å². The van der Waals surface area contributed by atoms with Crippen molar-refractivity contribution in [2.75, 3.05) is 5.32 Å². The van der Waals surface area contributed by atoms with Gasteiger partial charge in [0.05, 0.1) is 6.10 Å². The van der Waals surface area contributed by atoms with Gasteiger partial charge in [-0.3, -0.25) is 0 Å². The lowest BCUT2D eigenvalue weighted by molar-refractivity contribution is -0.152. The quantitative estimate of drug-likeness (QED) is 0.573. The molecular formula is C22H26N2O6. The van der Waals surface area contributed by atoms with E-state index in [2.05, 4.69) is 5.32 Å². The summed E-state index contributed by atoms with van der Waals surface area (Å²) in [5, 5.41) is 2.93. The number of carbonyl (C=O) groups is 3. The molecule has 8 nitrogen and oxygen atoms in total. The molecule has 1 aromatic carbocycles. The summed E-state index contributed by atoms with van der Waals surface area (Å²) in [6, 6.07) is 6.78. The van der Waals surface area contributed by atoms with Gasteiger partial charge in [0.15, 0.2) is 5.41 Å². The molecule has 2 aliphatic heterocycles. The van der Waals surface area contributed by atoms with Crippen LogP contribution in [0.15, 0.2) is 47.0 Å². The molecule has 3 N–H and O–H groups in total. The van der Waals surface area contributed by atoms with E-state index in [1.165, 1.54) is 6.92 Å². The van der Waals surface area contributed by atoms with Gasteiger partial charge in [-0.2, -0.15) is 0 Å². The molecule has 160 valence electrons. The van der Waals surface area contributed by atoms with Crippen molar-refractivity contribution >= 4 is 23.6 Å². The van der Waals surface area contributed by atoms with E-state index >= 15 is 0 Å². The highest BCUT2D eigenvalue weighted by Crippen LogP contribution is 2.52. The fraction of sp³-hybridized carbons (Fsp3) is 0.409. The second-order valence-electron chi connectivity index (χ2n) is 8.49. The van der Waals surface area contributed by atoms with E-state index in [4.69, 9.17) is 19.9 Å². The summed E-state index contributed by atoms with van der Waals surface area (Å²) in [5.74, 6) is -2.45. The largest absolute Gasteiger partial charge is 0.459 e. The molecule has 0 fully saturated rings. The van der Waals surface area contributed by atoms with Crippen LogP contribution in [0.3, 0.4) is 0 Å². The van der Waals surface area contributed by atoms with Crippen LogP contribution in [0.2, 0.25) is 0 Å². The van der Waals surface area contributed by atoms with Crippen molar-refractivity contribution in [3.63, 3.8) is 0 Å². The maximum atomic E-state index is 13.4. The lowest BCUT2D eigenvalue weighted by Crippen LogP contribution is -2.48. The van der Waals surface area contributed by atoms with Crippen LogP contribution in [0.4, 0.5) is 5.69 Å². The summed E-state index contributed by atoms with van der Waals surface area (Å²) in [6.45, 7) is 9.96. The van der Waals surface area contributed by atoms with Crippen LogP contribution in [0.25, 0.3) is 0 Å². The summed E-state index contributed by atoms with van der Waals surface area (Å²) in [4.78, 5) is 39.7. The van der Waals surface area contributed by atoms with Gasteiger partial charge in [0.1, 0.15) is 28.3 Å². The molecule has 3 rings (SSSR count). The number of benzene rings is 1. The van der Waals surface area contributed by atoms with Crippen molar-refractivity contribution in [2.45, 2.75) is 58.7 Å². The number of allylic oxidation sites excluding steroid dienone is 1. The second kappa shape index (κ2) is 7.19. The van der Waals surface area contributed by atoms with Crippen LogP contribution in [-0.4, -0.2) is 29.6 Å². The van der Waals surface area contributed by atoms with Crippen LogP contribution in [0.5, 0.6) is 0 Å². The minimum atomic E-state index is -1.90. The molecule has 2 heterocycles. The van der Waals surface area contributed by atoms with E-state index in [9.17, 15) is 14.4 Å². The SMILES string of the molecule is CC1=C(C(=O)OC(C)(C)C)[C@@]2(C(=O)O1)C(C(=O)OC(C)C)=C(N)Nc1ccccc12. The first-order valence-electron chi connectivity index (χ1n) is 9.64. The van der Waals surface area contributed by atoms with Gasteiger partial charge in [0.25, 0.3) is 0 Å². The molecule has 30 heavy (non-hydrogen) atoms. The van der Waals surface area contributed by atoms with Crippen LogP contribution in [0.1, 0.15) is 47.1 Å². The number of nitrogens with two attached hydrogens (primary N) is 1. The average molecular weight is 414 g/mol. The number of hydrogen-bond donors (Lipinski definition) is 2. The molecule has 0 aromatic heterocycles. The highest BCUT2D eigenvalue weighted by molar-refractivity contribution is 6.16. The minimum absolute atomic E-state index is 0.0496. The molecule has 0 saturated carbocycles. The number of carbonyl (C=O) groups excluding carboxylic acids is 3. The van der Waals surface area contributed by atoms with E-state index in [0.717, 1.165) is 0 Å². The zero-order valence-corrected chi connectivity index (χ0v) is 17.9. The molecule has 0 aliphatic carbocycles. The van der Waals surface area contributed by atoms with Crippen LogP contribution in [-0.2, 0) is 34.0 Å². The Hall–Kier alpha value is -3.29. The smallest absolute Gasteiger partial charge is 0.339 e. The number of esters is 3. The lowest BCUT2D eigenvalue weighted by Gasteiger charge is -2.36. The average Bonchev–Trinajstić information content (AvgIpc) is 2.83. The van der Waals surface area contributed by atoms with Crippen LogP contribution in [0, 0.1) is 0 Å². The number of hydrogen-bond acceptors (Lipinski definition) is 8. The maximum absolute atomic E-state index is 13.4. The van der Waals surface area contributed by atoms with E-state index in [1.807, 2.05) is 0 Å². The molecule has 0 radical (unpaired) electrons. The predicted octanol–water partition coefficient (Wildman–Crippen LogP) is 2.64. The first-order chi connectivity index (χ1) is 13.9. The third-order valence-corrected chi connectivity index (χ3v) is 4.67. The van der Waals surface area contributed by atoms with Crippen molar-refractivity contribution in [3.8, 4) is 0 Å². The van der Waals surface area contributed by atoms with Gasteiger partial charge >= 0.3 is 17.9 Å².